The van der Waals surface area contributed by atoms with Gasteiger partial charge in [0.25, 0.3) is 0 Å². The predicted molar refractivity (Wildman–Crippen MR) is 78.0 cm³/mol. The number of alkyl halides is 3. The van der Waals surface area contributed by atoms with E-state index in [2.05, 4.69) is 17.1 Å². The number of hydrogen-bond acceptors (Lipinski definition) is 2. The van der Waals surface area contributed by atoms with Crippen LogP contribution in [-0.4, -0.2) is 31.1 Å². The average molecular weight is 300 g/mol. The molecular formula is C16H23F3N2. The zero-order valence-corrected chi connectivity index (χ0v) is 12.4. The van der Waals surface area contributed by atoms with Gasteiger partial charge in [0.15, 0.2) is 0 Å². The normalized spacial score (nSPS) is 18.1. The van der Waals surface area contributed by atoms with E-state index in [1.807, 2.05) is 0 Å². The van der Waals surface area contributed by atoms with Gasteiger partial charge in [-0.3, -0.25) is 0 Å². The summed E-state index contributed by atoms with van der Waals surface area (Å²) in [6, 6.07) is 5.80. The minimum atomic E-state index is -4.27. The maximum atomic E-state index is 12.9. The van der Waals surface area contributed by atoms with Crippen molar-refractivity contribution in [2.75, 3.05) is 26.2 Å². The number of halogens is 3. The van der Waals surface area contributed by atoms with Crippen molar-refractivity contribution in [1.29, 1.82) is 0 Å². The molecule has 0 bridgehead atoms. The topological polar surface area (TPSA) is 15.3 Å². The van der Waals surface area contributed by atoms with Crippen molar-refractivity contribution in [3.63, 3.8) is 0 Å². The molecule has 0 amide bonds. The van der Waals surface area contributed by atoms with E-state index in [0.717, 1.165) is 45.1 Å². The van der Waals surface area contributed by atoms with Crippen LogP contribution in [-0.2, 0) is 12.7 Å². The van der Waals surface area contributed by atoms with Gasteiger partial charge in [-0.15, -0.1) is 0 Å². The van der Waals surface area contributed by atoms with Crippen molar-refractivity contribution in [3.05, 3.63) is 35.4 Å². The lowest BCUT2D eigenvalue weighted by atomic mass is 9.96. The number of nitrogens with one attached hydrogen (secondary N) is 1. The van der Waals surface area contributed by atoms with Gasteiger partial charge in [0.05, 0.1) is 5.56 Å². The van der Waals surface area contributed by atoms with Crippen LogP contribution < -0.4 is 5.32 Å². The lowest BCUT2D eigenvalue weighted by Crippen LogP contribution is -2.37. The second kappa shape index (κ2) is 7.27. The maximum Gasteiger partial charge on any atom is 0.416 e. The van der Waals surface area contributed by atoms with Gasteiger partial charge in [-0.25, -0.2) is 0 Å². The minimum Gasteiger partial charge on any atom is -0.312 e. The molecular weight excluding hydrogens is 277 g/mol. The molecule has 2 rings (SSSR count). The van der Waals surface area contributed by atoms with Crippen LogP contribution >= 0.6 is 0 Å². The lowest BCUT2D eigenvalue weighted by molar-refractivity contribution is -0.138. The van der Waals surface area contributed by atoms with Crippen LogP contribution in [0.15, 0.2) is 24.3 Å². The van der Waals surface area contributed by atoms with Crippen molar-refractivity contribution in [2.24, 2.45) is 5.92 Å². The maximum absolute atomic E-state index is 12.9. The van der Waals surface area contributed by atoms with Crippen molar-refractivity contribution < 1.29 is 13.2 Å². The minimum absolute atomic E-state index is 0.281. The Hall–Kier alpha value is -1.07. The smallest absolute Gasteiger partial charge is 0.312 e. The van der Waals surface area contributed by atoms with Crippen molar-refractivity contribution >= 4 is 0 Å². The van der Waals surface area contributed by atoms with E-state index >= 15 is 0 Å². The molecule has 0 saturated carbocycles. The molecule has 5 heteroatoms. The Balaban J connectivity index is 1.82. The van der Waals surface area contributed by atoms with Crippen LogP contribution in [0.25, 0.3) is 0 Å². The van der Waals surface area contributed by atoms with Gasteiger partial charge in [0.2, 0.25) is 0 Å². The standard InChI is InChI=1S/C16H23F3N2/c1-2-21-9-7-13(8-10-21)11-20-12-14-5-3-4-6-15(14)16(17,18)19/h3-6,13,20H,2,7-12H2,1H3. The summed E-state index contributed by atoms with van der Waals surface area (Å²) in [5.74, 6) is 0.575. The summed E-state index contributed by atoms with van der Waals surface area (Å²) < 4.78 is 38.6. The van der Waals surface area contributed by atoms with Crippen molar-refractivity contribution in [3.8, 4) is 0 Å². The van der Waals surface area contributed by atoms with Crippen LogP contribution in [0, 0.1) is 5.92 Å². The first-order valence-corrected chi connectivity index (χ1v) is 7.59. The molecule has 1 aromatic carbocycles. The van der Waals surface area contributed by atoms with E-state index in [9.17, 15) is 13.2 Å². The van der Waals surface area contributed by atoms with Gasteiger partial charge in [-0.1, -0.05) is 25.1 Å². The Morgan fingerprint density at radius 2 is 1.86 bits per heavy atom. The highest BCUT2D eigenvalue weighted by Crippen LogP contribution is 2.31. The molecule has 1 aliphatic heterocycles. The van der Waals surface area contributed by atoms with Gasteiger partial charge in [-0.05, 0) is 56.6 Å². The lowest BCUT2D eigenvalue weighted by Gasteiger charge is -2.31. The molecule has 0 unspecified atom stereocenters. The molecule has 2 nitrogen and oxygen atoms in total. The molecule has 0 aromatic heterocycles. The zero-order chi connectivity index (χ0) is 15.3. The van der Waals surface area contributed by atoms with Crippen LogP contribution in [0.3, 0.4) is 0 Å². The Morgan fingerprint density at radius 1 is 1.19 bits per heavy atom. The van der Waals surface area contributed by atoms with E-state index in [1.54, 1.807) is 12.1 Å². The van der Waals surface area contributed by atoms with Crippen molar-refractivity contribution in [1.82, 2.24) is 10.2 Å². The number of rotatable bonds is 5. The molecule has 118 valence electrons. The summed E-state index contributed by atoms with van der Waals surface area (Å²) in [6.07, 6.45) is -2.02. The number of benzene rings is 1. The highest BCUT2D eigenvalue weighted by molar-refractivity contribution is 5.29. The highest BCUT2D eigenvalue weighted by Gasteiger charge is 2.32. The first-order valence-electron chi connectivity index (χ1n) is 7.59. The van der Waals surface area contributed by atoms with Crippen LogP contribution in [0.5, 0.6) is 0 Å². The number of nitrogens with zero attached hydrogens (tertiary/aromatic N) is 1. The summed E-state index contributed by atoms with van der Waals surface area (Å²) in [7, 11) is 0. The average Bonchev–Trinajstić information content (AvgIpc) is 2.47. The van der Waals surface area contributed by atoms with Gasteiger partial charge in [0, 0.05) is 6.54 Å². The first kappa shape index (κ1) is 16.3. The molecule has 1 aromatic rings. The summed E-state index contributed by atoms with van der Waals surface area (Å²) in [5.41, 5.74) is -0.200. The largest absolute Gasteiger partial charge is 0.416 e. The molecule has 1 aliphatic rings. The van der Waals surface area contributed by atoms with Crippen LogP contribution in [0.2, 0.25) is 0 Å². The Labute approximate surface area is 124 Å². The summed E-state index contributed by atoms with van der Waals surface area (Å²) in [5, 5.41) is 3.20. The third kappa shape index (κ3) is 4.71. The van der Waals surface area contributed by atoms with Crippen LogP contribution in [0.4, 0.5) is 13.2 Å². The van der Waals surface area contributed by atoms with E-state index in [4.69, 9.17) is 0 Å². The van der Waals surface area contributed by atoms with E-state index in [0.29, 0.717) is 11.5 Å². The van der Waals surface area contributed by atoms with Gasteiger partial charge in [-0.2, -0.15) is 13.2 Å². The monoisotopic (exact) mass is 300 g/mol. The summed E-state index contributed by atoms with van der Waals surface area (Å²) in [4.78, 5) is 2.41. The third-order valence-electron chi connectivity index (χ3n) is 4.23. The molecule has 0 spiro atoms. The van der Waals surface area contributed by atoms with E-state index in [-0.39, 0.29) is 6.54 Å². The Bertz CT molecular complexity index is 437. The second-order valence-electron chi connectivity index (χ2n) is 5.66. The van der Waals surface area contributed by atoms with Gasteiger partial charge >= 0.3 is 6.18 Å². The second-order valence-corrected chi connectivity index (χ2v) is 5.66. The fourth-order valence-corrected chi connectivity index (χ4v) is 2.87. The van der Waals surface area contributed by atoms with Crippen molar-refractivity contribution in [2.45, 2.75) is 32.5 Å². The van der Waals surface area contributed by atoms with Gasteiger partial charge in [0.1, 0.15) is 0 Å². The molecule has 1 N–H and O–H groups in total. The molecule has 1 saturated heterocycles. The van der Waals surface area contributed by atoms with Gasteiger partial charge < -0.3 is 10.2 Å². The molecule has 0 atom stereocenters. The molecule has 0 aliphatic carbocycles. The summed E-state index contributed by atoms with van der Waals surface area (Å²) >= 11 is 0. The van der Waals surface area contributed by atoms with E-state index in [1.165, 1.54) is 6.07 Å². The SMILES string of the molecule is CCN1CCC(CNCc2ccccc2C(F)(F)F)CC1. The molecule has 0 radical (unpaired) electrons. The third-order valence-corrected chi connectivity index (χ3v) is 4.23. The highest BCUT2D eigenvalue weighted by atomic mass is 19.4. The first-order chi connectivity index (χ1) is 10.0. The quantitative estimate of drug-likeness (QED) is 0.895. The summed E-state index contributed by atoms with van der Waals surface area (Å²) in [6.45, 7) is 6.52. The Morgan fingerprint density at radius 3 is 2.48 bits per heavy atom. The number of hydrogen-bond donors (Lipinski definition) is 1. The molecule has 21 heavy (non-hydrogen) atoms. The predicted octanol–water partition coefficient (Wildman–Crippen LogP) is 3.53. The molecule has 1 heterocycles. The fourth-order valence-electron chi connectivity index (χ4n) is 2.87. The molecule has 1 fully saturated rings. The van der Waals surface area contributed by atoms with E-state index < -0.39 is 11.7 Å². The Kier molecular flexibility index (Phi) is 5.65. The fraction of sp³-hybridized carbons (Fsp3) is 0.625. The van der Waals surface area contributed by atoms with Crippen LogP contribution in [0.1, 0.15) is 30.9 Å². The zero-order valence-electron chi connectivity index (χ0n) is 12.4. The number of likely N-dealkylation sites (tertiary alicyclic amines) is 1. The number of piperidine rings is 1.